The molecule has 0 N–H and O–H groups in total. The minimum Gasteiger partial charge on any atom is -0.447 e. The third-order valence-corrected chi connectivity index (χ3v) is 4.02. The van der Waals surface area contributed by atoms with Crippen LogP contribution in [0.4, 0.5) is 5.82 Å². The Hall–Kier alpha value is -1.47. The van der Waals surface area contributed by atoms with Crippen molar-refractivity contribution in [1.82, 2.24) is 9.97 Å². The molecule has 132 valence electrons. The van der Waals surface area contributed by atoms with Crippen LogP contribution in [-0.4, -0.2) is 42.1 Å². The first kappa shape index (κ1) is 18.9. The second kappa shape index (κ2) is 9.13. The lowest BCUT2D eigenvalue weighted by Gasteiger charge is -2.27. The number of fused-ring (bicyclic) bond motifs is 1. The Labute approximate surface area is 150 Å². The first-order chi connectivity index (χ1) is 11.7. The van der Waals surface area contributed by atoms with Crippen LogP contribution in [0.15, 0.2) is 15.2 Å². The number of ketones is 1. The van der Waals surface area contributed by atoms with E-state index in [1.807, 2.05) is 13.8 Å². The van der Waals surface area contributed by atoms with Crippen molar-refractivity contribution in [2.24, 2.45) is 0 Å². The molecule has 1 fully saturated rings. The van der Waals surface area contributed by atoms with Crippen LogP contribution in [0.2, 0.25) is 0 Å². The lowest BCUT2D eigenvalue weighted by atomic mass is 10.1. The topological polar surface area (TPSA) is 68.5 Å². The fourth-order valence-corrected chi connectivity index (χ4v) is 2.83. The van der Waals surface area contributed by atoms with E-state index in [1.165, 1.54) is 0 Å². The van der Waals surface area contributed by atoms with Gasteiger partial charge in [0.25, 0.3) is 0 Å². The SMILES string of the molecule is CC.CCCCC(=O)c1cc2nc(Br)nc(N3CCOCC3)c2o1. The number of furan rings is 1. The number of nitrogens with zero attached hydrogens (tertiary/aromatic N) is 3. The number of anilines is 1. The van der Waals surface area contributed by atoms with Crippen LogP contribution in [0, 0.1) is 0 Å². The Kier molecular flexibility index (Phi) is 7.17. The van der Waals surface area contributed by atoms with Gasteiger partial charge in [-0.1, -0.05) is 27.2 Å². The molecule has 3 rings (SSSR count). The molecule has 1 aliphatic rings. The van der Waals surface area contributed by atoms with E-state index in [0.29, 0.717) is 41.2 Å². The van der Waals surface area contributed by atoms with E-state index in [4.69, 9.17) is 9.15 Å². The second-order valence-corrected chi connectivity index (χ2v) is 5.98. The van der Waals surface area contributed by atoms with Crippen molar-refractivity contribution >= 4 is 38.6 Å². The third-order valence-electron chi connectivity index (χ3n) is 3.67. The maximum atomic E-state index is 12.2. The van der Waals surface area contributed by atoms with Crippen molar-refractivity contribution in [3.63, 3.8) is 0 Å². The van der Waals surface area contributed by atoms with E-state index in [9.17, 15) is 4.79 Å². The molecule has 0 aliphatic carbocycles. The molecule has 0 atom stereocenters. The van der Waals surface area contributed by atoms with E-state index in [1.54, 1.807) is 6.07 Å². The summed E-state index contributed by atoms with van der Waals surface area (Å²) in [7, 11) is 0. The Bertz CT molecular complexity index is 681. The number of aromatic nitrogens is 2. The van der Waals surface area contributed by atoms with Crippen LogP contribution < -0.4 is 4.90 Å². The van der Waals surface area contributed by atoms with E-state index in [2.05, 4.69) is 37.7 Å². The summed E-state index contributed by atoms with van der Waals surface area (Å²) < 4.78 is 11.7. The van der Waals surface area contributed by atoms with E-state index < -0.39 is 0 Å². The number of halogens is 1. The number of morpholine rings is 1. The highest BCUT2D eigenvalue weighted by Gasteiger charge is 2.22. The fourth-order valence-electron chi connectivity index (χ4n) is 2.47. The van der Waals surface area contributed by atoms with Crippen LogP contribution in [0.5, 0.6) is 0 Å². The molecule has 0 bridgehead atoms. The van der Waals surface area contributed by atoms with E-state index >= 15 is 0 Å². The number of carbonyl (C=O) groups excluding carboxylic acids is 1. The molecule has 1 aliphatic heterocycles. The van der Waals surface area contributed by atoms with Gasteiger partial charge in [-0.2, -0.15) is 0 Å². The Morgan fingerprint density at radius 2 is 2.00 bits per heavy atom. The molecule has 24 heavy (non-hydrogen) atoms. The number of Topliss-reactive ketones (excluding diaryl/α,β-unsaturated/α-hetero) is 1. The molecule has 1 saturated heterocycles. The molecule has 0 aromatic carbocycles. The van der Waals surface area contributed by atoms with Gasteiger partial charge in [-0.25, -0.2) is 9.97 Å². The average molecular weight is 398 g/mol. The van der Waals surface area contributed by atoms with Gasteiger partial charge in [-0.15, -0.1) is 0 Å². The van der Waals surface area contributed by atoms with Gasteiger partial charge >= 0.3 is 0 Å². The van der Waals surface area contributed by atoms with E-state index in [0.717, 1.165) is 31.7 Å². The summed E-state index contributed by atoms with van der Waals surface area (Å²) in [5.41, 5.74) is 1.23. The molecular formula is C17H24BrN3O3. The first-order valence-corrected chi connectivity index (χ1v) is 9.31. The molecule has 3 heterocycles. The molecule has 2 aromatic heterocycles. The highest BCUT2D eigenvalue weighted by atomic mass is 79.9. The van der Waals surface area contributed by atoms with Gasteiger partial charge in [0.2, 0.25) is 0 Å². The summed E-state index contributed by atoms with van der Waals surface area (Å²) in [5, 5.41) is 0. The Morgan fingerprint density at radius 1 is 1.29 bits per heavy atom. The van der Waals surface area contributed by atoms with Gasteiger partial charge in [-0.3, -0.25) is 4.79 Å². The Morgan fingerprint density at radius 3 is 2.67 bits per heavy atom. The third kappa shape index (κ3) is 4.33. The van der Waals surface area contributed by atoms with Crippen molar-refractivity contribution in [2.75, 3.05) is 31.2 Å². The predicted molar refractivity (Wildman–Crippen MR) is 97.7 cm³/mol. The standard InChI is InChI=1S/C15H18BrN3O3.C2H6/c1-2-3-4-11(20)12-9-10-13(22-12)14(18-15(16)17-10)19-5-7-21-8-6-19;1-2/h9H,2-8H2,1H3;1-2H3. The highest BCUT2D eigenvalue weighted by molar-refractivity contribution is 9.10. The zero-order valence-corrected chi connectivity index (χ0v) is 16.1. The molecule has 2 aromatic rings. The summed E-state index contributed by atoms with van der Waals surface area (Å²) in [6, 6.07) is 1.71. The van der Waals surface area contributed by atoms with Crippen LogP contribution in [-0.2, 0) is 4.74 Å². The average Bonchev–Trinajstić information content (AvgIpc) is 3.05. The molecule has 0 radical (unpaired) electrons. The Balaban J connectivity index is 0.00000100. The number of carbonyl (C=O) groups is 1. The van der Waals surface area contributed by atoms with Crippen molar-refractivity contribution in [2.45, 2.75) is 40.0 Å². The van der Waals surface area contributed by atoms with Crippen LogP contribution in [0.3, 0.4) is 0 Å². The summed E-state index contributed by atoms with van der Waals surface area (Å²) in [6.45, 7) is 8.87. The quantitative estimate of drug-likeness (QED) is 0.555. The lowest BCUT2D eigenvalue weighted by Crippen LogP contribution is -2.36. The number of rotatable bonds is 5. The molecular weight excluding hydrogens is 374 g/mol. The van der Waals surface area contributed by atoms with Crippen molar-refractivity contribution in [1.29, 1.82) is 0 Å². The van der Waals surface area contributed by atoms with Gasteiger partial charge in [0, 0.05) is 25.6 Å². The van der Waals surface area contributed by atoms with Gasteiger partial charge in [0.1, 0.15) is 5.52 Å². The van der Waals surface area contributed by atoms with Crippen molar-refractivity contribution in [3.05, 3.63) is 16.6 Å². The number of unbranched alkanes of at least 4 members (excludes halogenated alkanes) is 1. The highest BCUT2D eigenvalue weighted by Crippen LogP contribution is 2.29. The minimum atomic E-state index is 0.0175. The zero-order chi connectivity index (χ0) is 17.5. The van der Waals surface area contributed by atoms with E-state index in [-0.39, 0.29) is 5.78 Å². The van der Waals surface area contributed by atoms with Crippen LogP contribution in [0.25, 0.3) is 11.1 Å². The molecule has 7 heteroatoms. The molecule has 6 nitrogen and oxygen atoms in total. The largest absolute Gasteiger partial charge is 0.447 e. The smallest absolute Gasteiger partial charge is 0.199 e. The maximum absolute atomic E-state index is 12.2. The van der Waals surface area contributed by atoms with Crippen molar-refractivity contribution < 1.29 is 13.9 Å². The molecule has 0 spiro atoms. The molecule has 0 saturated carbocycles. The number of hydrogen-bond acceptors (Lipinski definition) is 6. The maximum Gasteiger partial charge on any atom is 0.199 e. The monoisotopic (exact) mass is 397 g/mol. The zero-order valence-electron chi connectivity index (χ0n) is 14.5. The summed E-state index contributed by atoms with van der Waals surface area (Å²) >= 11 is 3.33. The van der Waals surface area contributed by atoms with Gasteiger partial charge in [0.05, 0.1) is 13.2 Å². The second-order valence-electron chi connectivity index (χ2n) is 5.27. The summed E-state index contributed by atoms with van der Waals surface area (Å²) in [5.74, 6) is 1.10. The summed E-state index contributed by atoms with van der Waals surface area (Å²) in [6.07, 6.45) is 2.34. The number of ether oxygens (including phenoxy) is 1. The minimum absolute atomic E-state index is 0.0175. The fraction of sp³-hybridized carbons (Fsp3) is 0.588. The lowest BCUT2D eigenvalue weighted by molar-refractivity contribution is 0.0955. The van der Waals surface area contributed by atoms with Crippen LogP contribution in [0.1, 0.15) is 50.6 Å². The van der Waals surface area contributed by atoms with Gasteiger partial charge < -0.3 is 14.1 Å². The number of hydrogen-bond donors (Lipinski definition) is 0. The molecule has 0 unspecified atom stereocenters. The van der Waals surface area contributed by atoms with Crippen molar-refractivity contribution in [3.8, 4) is 0 Å². The first-order valence-electron chi connectivity index (χ1n) is 8.52. The van der Waals surface area contributed by atoms with Gasteiger partial charge in [-0.05, 0) is 22.4 Å². The van der Waals surface area contributed by atoms with Crippen LogP contribution >= 0.6 is 15.9 Å². The van der Waals surface area contributed by atoms with Gasteiger partial charge in [0.15, 0.2) is 27.7 Å². The molecule has 0 amide bonds. The predicted octanol–water partition coefficient (Wildman–Crippen LogP) is 4.22. The normalized spacial score (nSPS) is 14.4. The summed E-state index contributed by atoms with van der Waals surface area (Å²) in [4.78, 5) is 23.0.